The van der Waals surface area contributed by atoms with E-state index in [0.717, 1.165) is 11.1 Å². The maximum atomic E-state index is 13.8. The Labute approximate surface area is 110 Å². The number of pyridine rings is 1. The van der Waals surface area contributed by atoms with Crippen LogP contribution in [-0.4, -0.2) is 4.98 Å². The van der Waals surface area contributed by atoms with Crippen LogP contribution in [0.5, 0.6) is 0 Å². The number of halogens is 2. The molecule has 94 valence electrons. The van der Waals surface area contributed by atoms with E-state index >= 15 is 0 Å². The lowest BCUT2D eigenvalue weighted by atomic mass is 9.98. The van der Waals surface area contributed by atoms with E-state index in [4.69, 9.17) is 17.4 Å². The molecule has 0 radical (unpaired) electrons. The third-order valence-electron chi connectivity index (χ3n) is 2.71. The Morgan fingerprint density at radius 3 is 2.72 bits per heavy atom. The zero-order chi connectivity index (χ0) is 13.1. The number of nitrogens with two attached hydrogens (primary N) is 1. The van der Waals surface area contributed by atoms with Gasteiger partial charge in [-0.2, -0.15) is 0 Å². The van der Waals surface area contributed by atoms with Gasteiger partial charge in [0.05, 0.1) is 6.04 Å². The largest absolute Gasteiger partial charge is 0.271 e. The van der Waals surface area contributed by atoms with Gasteiger partial charge in [0.1, 0.15) is 11.0 Å². The first-order valence-electron chi connectivity index (χ1n) is 5.45. The molecule has 1 heterocycles. The summed E-state index contributed by atoms with van der Waals surface area (Å²) in [6.07, 6.45) is 1.58. The molecule has 18 heavy (non-hydrogen) atoms. The minimum atomic E-state index is -0.449. The average Bonchev–Trinajstić information content (AvgIpc) is 2.37. The average molecular weight is 266 g/mol. The summed E-state index contributed by atoms with van der Waals surface area (Å²) in [5.41, 5.74) is 4.81. The van der Waals surface area contributed by atoms with Crippen LogP contribution >= 0.6 is 11.6 Å². The van der Waals surface area contributed by atoms with Crippen molar-refractivity contribution in [3.05, 3.63) is 64.2 Å². The van der Waals surface area contributed by atoms with Gasteiger partial charge in [0.15, 0.2) is 0 Å². The normalized spacial score (nSPS) is 12.4. The lowest BCUT2D eigenvalue weighted by molar-refractivity contribution is 0.559. The summed E-state index contributed by atoms with van der Waals surface area (Å²) in [4.78, 5) is 3.97. The molecule has 5 heteroatoms. The molecular weight excluding hydrogens is 253 g/mol. The predicted octanol–water partition coefficient (Wildman–Crippen LogP) is 2.74. The van der Waals surface area contributed by atoms with Crippen LogP contribution in [0.2, 0.25) is 5.15 Å². The van der Waals surface area contributed by atoms with Gasteiger partial charge in [-0.25, -0.2) is 14.8 Å². The van der Waals surface area contributed by atoms with Gasteiger partial charge >= 0.3 is 0 Å². The topological polar surface area (TPSA) is 50.9 Å². The van der Waals surface area contributed by atoms with Crippen LogP contribution in [0.25, 0.3) is 0 Å². The molecule has 0 aliphatic heterocycles. The predicted molar refractivity (Wildman–Crippen MR) is 69.6 cm³/mol. The quantitative estimate of drug-likeness (QED) is 0.510. The van der Waals surface area contributed by atoms with Crippen molar-refractivity contribution in [3.8, 4) is 0 Å². The minimum Gasteiger partial charge on any atom is -0.271 e. The zero-order valence-corrected chi connectivity index (χ0v) is 10.6. The van der Waals surface area contributed by atoms with Crippen LogP contribution in [0.15, 0.2) is 36.5 Å². The molecule has 0 aliphatic rings. The molecule has 1 aromatic heterocycles. The number of benzene rings is 1. The fourth-order valence-corrected chi connectivity index (χ4v) is 1.92. The number of hydrogen-bond donors (Lipinski definition) is 2. The third-order valence-corrected chi connectivity index (χ3v) is 2.94. The van der Waals surface area contributed by atoms with Gasteiger partial charge in [0, 0.05) is 11.8 Å². The number of aryl methyl sites for hydroxylation is 1. The number of hydrogen-bond acceptors (Lipinski definition) is 3. The fourth-order valence-electron chi connectivity index (χ4n) is 1.81. The van der Waals surface area contributed by atoms with Crippen LogP contribution in [0.4, 0.5) is 4.39 Å². The molecule has 0 saturated heterocycles. The van der Waals surface area contributed by atoms with Crippen molar-refractivity contribution < 1.29 is 4.39 Å². The molecular formula is C13H13ClFN3. The number of hydrazine groups is 1. The van der Waals surface area contributed by atoms with E-state index in [2.05, 4.69) is 10.4 Å². The Morgan fingerprint density at radius 1 is 1.33 bits per heavy atom. The van der Waals surface area contributed by atoms with Crippen molar-refractivity contribution in [2.45, 2.75) is 13.0 Å². The maximum Gasteiger partial charge on any atom is 0.129 e. The Balaban J connectivity index is 2.44. The molecule has 1 atom stereocenters. The van der Waals surface area contributed by atoms with Gasteiger partial charge in [-0.15, -0.1) is 0 Å². The van der Waals surface area contributed by atoms with Crippen molar-refractivity contribution in [2.24, 2.45) is 5.84 Å². The summed E-state index contributed by atoms with van der Waals surface area (Å²) >= 11 is 5.73. The van der Waals surface area contributed by atoms with E-state index in [-0.39, 0.29) is 5.82 Å². The van der Waals surface area contributed by atoms with Gasteiger partial charge in [0.2, 0.25) is 0 Å². The van der Waals surface area contributed by atoms with E-state index in [0.29, 0.717) is 10.7 Å². The Bertz CT molecular complexity index is 542. The second kappa shape index (κ2) is 5.44. The van der Waals surface area contributed by atoms with Gasteiger partial charge in [-0.1, -0.05) is 35.4 Å². The van der Waals surface area contributed by atoms with E-state index in [1.54, 1.807) is 30.5 Å². The van der Waals surface area contributed by atoms with E-state index in [1.807, 2.05) is 6.92 Å². The van der Waals surface area contributed by atoms with Crippen LogP contribution in [0, 0.1) is 12.7 Å². The summed E-state index contributed by atoms with van der Waals surface area (Å²) in [5, 5.41) is 0.388. The Kier molecular flexibility index (Phi) is 3.91. The number of nitrogens with one attached hydrogen (secondary N) is 1. The first kappa shape index (κ1) is 13.0. The molecule has 0 amide bonds. The molecule has 1 aromatic carbocycles. The number of aromatic nitrogens is 1. The zero-order valence-electron chi connectivity index (χ0n) is 9.82. The molecule has 0 bridgehead atoms. The second-order valence-electron chi connectivity index (χ2n) is 4.04. The lowest BCUT2D eigenvalue weighted by Gasteiger charge is -2.17. The second-order valence-corrected chi connectivity index (χ2v) is 4.43. The minimum absolute atomic E-state index is 0.307. The molecule has 3 nitrogen and oxygen atoms in total. The summed E-state index contributed by atoms with van der Waals surface area (Å²) in [5.74, 6) is 5.21. The number of rotatable bonds is 3. The first-order valence-corrected chi connectivity index (χ1v) is 5.83. The molecule has 0 aliphatic carbocycles. The first-order chi connectivity index (χ1) is 8.61. The third kappa shape index (κ3) is 2.67. The van der Waals surface area contributed by atoms with Gasteiger partial charge < -0.3 is 0 Å². The van der Waals surface area contributed by atoms with Crippen LogP contribution in [-0.2, 0) is 0 Å². The molecule has 3 N–H and O–H groups in total. The lowest BCUT2D eigenvalue weighted by Crippen LogP contribution is -2.29. The highest BCUT2D eigenvalue weighted by atomic mass is 35.5. The maximum absolute atomic E-state index is 13.8. The standard InChI is InChI=1S/C13H13ClFN3/c1-8-2-4-11(15)10(6-8)13(18-16)9-3-5-12(14)17-7-9/h2-7,13,18H,16H2,1H3. The van der Waals surface area contributed by atoms with Crippen molar-refractivity contribution in [2.75, 3.05) is 0 Å². The van der Waals surface area contributed by atoms with Crippen molar-refractivity contribution in [1.82, 2.24) is 10.4 Å². The van der Waals surface area contributed by atoms with Crippen molar-refractivity contribution >= 4 is 11.6 Å². The Hall–Kier alpha value is -1.49. The van der Waals surface area contributed by atoms with Gasteiger partial charge in [0.25, 0.3) is 0 Å². The highest BCUT2D eigenvalue weighted by molar-refractivity contribution is 6.29. The summed E-state index contributed by atoms with van der Waals surface area (Å²) in [6, 6.07) is 7.87. The van der Waals surface area contributed by atoms with E-state index < -0.39 is 6.04 Å². The van der Waals surface area contributed by atoms with Crippen molar-refractivity contribution in [3.63, 3.8) is 0 Å². The van der Waals surface area contributed by atoms with Crippen molar-refractivity contribution in [1.29, 1.82) is 0 Å². The van der Waals surface area contributed by atoms with E-state index in [1.165, 1.54) is 6.07 Å². The SMILES string of the molecule is Cc1ccc(F)c(C(NN)c2ccc(Cl)nc2)c1. The molecule has 2 rings (SSSR count). The van der Waals surface area contributed by atoms with Crippen LogP contribution in [0.3, 0.4) is 0 Å². The monoisotopic (exact) mass is 265 g/mol. The molecule has 0 fully saturated rings. The highest BCUT2D eigenvalue weighted by Crippen LogP contribution is 2.24. The molecule has 0 spiro atoms. The fraction of sp³-hybridized carbons (Fsp3) is 0.154. The van der Waals surface area contributed by atoms with Crippen LogP contribution < -0.4 is 11.3 Å². The van der Waals surface area contributed by atoms with E-state index in [9.17, 15) is 4.39 Å². The summed E-state index contributed by atoms with van der Waals surface area (Å²) in [6.45, 7) is 1.90. The Morgan fingerprint density at radius 2 is 2.11 bits per heavy atom. The van der Waals surface area contributed by atoms with Crippen LogP contribution in [0.1, 0.15) is 22.7 Å². The molecule has 0 saturated carbocycles. The van der Waals surface area contributed by atoms with Gasteiger partial charge in [-0.05, 0) is 24.6 Å². The summed E-state index contributed by atoms with van der Waals surface area (Å²) < 4.78 is 13.8. The molecule has 2 aromatic rings. The van der Waals surface area contributed by atoms with Gasteiger partial charge in [-0.3, -0.25) is 5.84 Å². The molecule has 1 unspecified atom stereocenters. The smallest absolute Gasteiger partial charge is 0.129 e. The highest BCUT2D eigenvalue weighted by Gasteiger charge is 2.17. The summed E-state index contributed by atoms with van der Waals surface area (Å²) in [7, 11) is 0. The number of nitrogens with zero attached hydrogens (tertiary/aromatic N) is 1.